The summed E-state index contributed by atoms with van der Waals surface area (Å²) in [5.74, 6) is -0.316. The fourth-order valence-corrected chi connectivity index (χ4v) is 6.61. The van der Waals surface area contributed by atoms with Crippen LogP contribution in [0.2, 0.25) is 0 Å². The number of aliphatic hydroxyl groups excluding tert-OH is 1. The molecule has 2 aliphatic rings. The van der Waals surface area contributed by atoms with E-state index in [-0.39, 0.29) is 5.70 Å². The second-order valence-electron chi connectivity index (χ2n) is 8.47. The van der Waals surface area contributed by atoms with Crippen LogP contribution in [0.15, 0.2) is 77.1 Å². The molecular weight excluding hydrogens is 500 g/mol. The van der Waals surface area contributed by atoms with Crippen LogP contribution >= 0.6 is 23.5 Å². The summed E-state index contributed by atoms with van der Waals surface area (Å²) >= 11 is 2.77. The lowest BCUT2D eigenvalue weighted by atomic mass is 9.88. The molecule has 12 heteroatoms. The average molecular weight is 525 g/mol. The van der Waals surface area contributed by atoms with E-state index in [1.165, 1.54) is 33.1 Å². The quantitative estimate of drug-likeness (QED) is 0.253. The van der Waals surface area contributed by atoms with Gasteiger partial charge < -0.3 is 15.6 Å². The van der Waals surface area contributed by atoms with E-state index in [9.17, 15) is 14.7 Å². The maximum Gasteiger partial charge on any atom is 0.356 e. The second kappa shape index (κ2) is 10.1. The normalized spacial score (nSPS) is 21.4. The van der Waals surface area contributed by atoms with Gasteiger partial charge in [-0.2, -0.15) is 0 Å². The Bertz CT molecular complexity index is 1260. The van der Waals surface area contributed by atoms with Gasteiger partial charge in [0.15, 0.2) is 6.10 Å². The van der Waals surface area contributed by atoms with Gasteiger partial charge in [-0.05, 0) is 27.1 Å². The molecule has 1 fully saturated rings. The van der Waals surface area contributed by atoms with Gasteiger partial charge in [0, 0.05) is 18.6 Å². The van der Waals surface area contributed by atoms with Crippen molar-refractivity contribution in [3.63, 3.8) is 0 Å². The number of aryl methyl sites for hydroxylation is 1. The highest BCUT2D eigenvalue weighted by molar-refractivity contribution is 8.01. The number of hydrogen-bond acceptors (Lipinski definition) is 10. The van der Waals surface area contributed by atoms with Gasteiger partial charge in [-0.1, -0.05) is 72.4 Å². The Labute approximate surface area is 215 Å². The summed E-state index contributed by atoms with van der Waals surface area (Å²) in [6, 6.07) is 18.9. The van der Waals surface area contributed by atoms with E-state index in [4.69, 9.17) is 10.5 Å². The number of carbonyl (C=O) groups excluding carboxylic acids is 2. The maximum atomic E-state index is 13.8. The fourth-order valence-electron chi connectivity index (χ4n) is 4.20. The summed E-state index contributed by atoms with van der Waals surface area (Å²) in [5.41, 5.74) is 7.25. The summed E-state index contributed by atoms with van der Waals surface area (Å²) < 4.78 is 7.63. The minimum atomic E-state index is -1.43. The molecule has 10 nitrogen and oxygen atoms in total. The summed E-state index contributed by atoms with van der Waals surface area (Å²) in [6.07, 6.45) is -0.672. The van der Waals surface area contributed by atoms with Gasteiger partial charge in [-0.3, -0.25) is 9.69 Å². The smallest absolute Gasteiger partial charge is 0.356 e. The Morgan fingerprint density at radius 2 is 1.86 bits per heavy atom. The number of hydrogen-bond donors (Lipinski definition) is 2. The van der Waals surface area contributed by atoms with Crippen LogP contribution in [0.4, 0.5) is 0 Å². The number of esters is 1. The van der Waals surface area contributed by atoms with E-state index in [2.05, 4.69) is 15.5 Å². The first-order chi connectivity index (χ1) is 17.4. The summed E-state index contributed by atoms with van der Waals surface area (Å²) in [5, 5.41) is 21.3. The molecule has 1 amide bonds. The van der Waals surface area contributed by atoms with Crippen LogP contribution < -0.4 is 5.73 Å². The van der Waals surface area contributed by atoms with E-state index >= 15 is 0 Å². The van der Waals surface area contributed by atoms with Crippen molar-refractivity contribution in [2.24, 2.45) is 12.8 Å². The van der Waals surface area contributed by atoms with Crippen LogP contribution in [0.3, 0.4) is 0 Å². The van der Waals surface area contributed by atoms with Gasteiger partial charge in [0.05, 0.1) is 6.61 Å². The first kappa shape index (κ1) is 24.5. The standard InChI is InChI=1S/C24H24N6O4S2/c1-29-23(26-27-28-29)36-13-17-12-35-22-24(25,14-31)21(33)30(22)18(17)20(32)34-19(15-8-4-2-5-9-15)16-10-6-3-7-11-16/h2-11,19,22,31H,12-14,25H2,1H3/t22-,24+/m0/s1. The number of tetrazole rings is 1. The number of benzene rings is 2. The first-order valence-electron chi connectivity index (χ1n) is 11.2. The number of ether oxygens (including phenoxy) is 1. The van der Waals surface area contributed by atoms with Gasteiger partial charge in [-0.25, -0.2) is 9.48 Å². The lowest BCUT2D eigenvalue weighted by Crippen LogP contribution is -2.79. The zero-order valence-electron chi connectivity index (χ0n) is 19.4. The number of aromatic nitrogens is 4. The number of carbonyl (C=O) groups is 2. The summed E-state index contributed by atoms with van der Waals surface area (Å²) in [7, 11) is 1.73. The predicted octanol–water partition coefficient (Wildman–Crippen LogP) is 1.49. The lowest BCUT2D eigenvalue weighted by Gasteiger charge is -2.55. The molecule has 0 unspecified atom stereocenters. The summed E-state index contributed by atoms with van der Waals surface area (Å²) in [6.45, 7) is -0.506. The van der Waals surface area contributed by atoms with Gasteiger partial charge in [0.1, 0.15) is 16.6 Å². The molecule has 0 bridgehead atoms. The minimum absolute atomic E-state index is 0.165. The molecule has 1 aromatic heterocycles. The van der Waals surface area contributed by atoms with Gasteiger partial charge in [0.2, 0.25) is 5.16 Å². The zero-order valence-corrected chi connectivity index (χ0v) is 21.0. The molecule has 0 radical (unpaired) electrons. The molecule has 2 atom stereocenters. The highest BCUT2D eigenvalue weighted by Crippen LogP contribution is 2.46. The van der Waals surface area contributed by atoms with E-state index in [0.29, 0.717) is 22.2 Å². The first-order valence-corrected chi connectivity index (χ1v) is 13.2. The number of fused-ring (bicyclic) bond motifs is 1. The van der Waals surface area contributed by atoms with Crippen molar-refractivity contribution in [1.82, 2.24) is 25.1 Å². The third kappa shape index (κ3) is 4.30. The topological polar surface area (TPSA) is 136 Å². The SMILES string of the molecule is Cn1nnnc1SCC1=C(C(=O)OC(c2ccccc2)c2ccccc2)N2C(=O)[C@](N)(CO)[C@@H]2SC1. The van der Waals surface area contributed by atoms with Gasteiger partial charge in [-0.15, -0.1) is 16.9 Å². The van der Waals surface area contributed by atoms with Crippen molar-refractivity contribution in [2.45, 2.75) is 22.2 Å². The molecule has 36 heavy (non-hydrogen) atoms. The molecule has 186 valence electrons. The van der Waals surface area contributed by atoms with Crippen molar-refractivity contribution < 1.29 is 19.4 Å². The van der Waals surface area contributed by atoms with Crippen molar-refractivity contribution in [3.8, 4) is 0 Å². The summed E-state index contributed by atoms with van der Waals surface area (Å²) in [4.78, 5) is 28.2. The van der Waals surface area contributed by atoms with Crippen LogP contribution in [0.25, 0.3) is 0 Å². The predicted molar refractivity (Wildman–Crippen MR) is 134 cm³/mol. The highest BCUT2D eigenvalue weighted by atomic mass is 32.2. The van der Waals surface area contributed by atoms with Gasteiger partial charge in [0.25, 0.3) is 5.91 Å². The number of nitrogens with two attached hydrogens (primary N) is 1. The largest absolute Gasteiger partial charge is 0.448 e. The Hall–Kier alpha value is -3.19. The van der Waals surface area contributed by atoms with E-state index in [0.717, 1.165) is 11.1 Å². The molecule has 0 aliphatic carbocycles. The van der Waals surface area contributed by atoms with Crippen molar-refractivity contribution >= 4 is 35.4 Å². The van der Waals surface area contributed by atoms with Crippen molar-refractivity contribution in [1.29, 1.82) is 0 Å². The number of thioether (sulfide) groups is 2. The average Bonchev–Trinajstić information content (AvgIpc) is 3.34. The van der Waals surface area contributed by atoms with E-state index < -0.39 is 35.5 Å². The fraction of sp³-hybridized carbons (Fsp3) is 0.292. The molecule has 3 N–H and O–H groups in total. The zero-order chi connectivity index (χ0) is 25.3. The number of nitrogens with zero attached hydrogens (tertiary/aromatic N) is 5. The Morgan fingerprint density at radius 1 is 1.22 bits per heavy atom. The lowest BCUT2D eigenvalue weighted by molar-refractivity contribution is -0.160. The third-order valence-corrected chi connectivity index (χ3v) is 8.68. The molecule has 0 saturated carbocycles. The van der Waals surface area contributed by atoms with Crippen LogP contribution in [0.1, 0.15) is 17.2 Å². The molecule has 0 spiro atoms. The second-order valence-corrected chi connectivity index (χ2v) is 10.5. The van der Waals surface area contributed by atoms with Crippen LogP contribution in [0.5, 0.6) is 0 Å². The van der Waals surface area contributed by atoms with Crippen molar-refractivity contribution in [2.75, 3.05) is 18.1 Å². The Morgan fingerprint density at radius 3 is 2.42 bits per heavy atom. The molecule has 1 saturated heterocycles. The minimum Gasteiger partial charge on any atom is -0.448 e. The molecular formula is C24H24N6O4S2. The molecule has 3 heterocycles. The molecule has 5 rings (SSSR count). The molecule has 2 aromatic carbocycles. The molecule has 2 aliphatic heterocycles. The van der Waals surface area contributed by atoms with E-state index in [1.807, 2.05) is 60.7 Å². The Balaban J connectivity index is 1.50. The molecule has 3 aromatic rings. The van der Waals surface area contributed by atoms with Crippen LogP contribution in [0, 0.1) is 0 Å². The number of rotatable bonds is 8. The maximum absolute atomic E-state index is 13.8. The van der Waals surface area contributed by atoms with Crippen molar-refractivity contribution in [3.05, 3.63) is 83.1 Å². The number of aliphatic hydroxyl groups is 1. The third-order valence-electron chi connectivity index (χ3n) is 6.12. The highest BCUT2D eigenvalue weighted by Gasteiger charge is 2.62. The number of amides is 1. The van der Waals surface area contributed by atoms with Gasteiger partial charge >= 0.3 is 5.97 Å². The van der Waals surface area contributed by atoms with Crippen LogP contribution in [-0.2, 0) is 21.4 Å². The van der Waals surface area contributed by atoms with E-state index in [1.54, 1.807) is 7.05 Å². The Kier molecular flexibility index (Phi) is 6.84. The number of β-lactam (4-membered cyclic amide) rings is 1. The van der Waals surface area contributed by atoms with Crippen LogP contribution in [-0.4, -0.2) is 71.1 Å². The monoisotopic (exact) mass is 524 g/mol.